The van der Waals surface area contributed by atoms with Crippen molar-refractivity contribution in [3.8, 4) is 11.3 Å². The molecule has 2 bridgehead atoms. The molecule has 2 fully saturated rings. The van der Waals surface area contributed by atoms with E-state index in [0.717, 1.165) is 46.7 Å². The third-order valence-corrected chi connectivity index (χ3v) is 5.67. The highest BCUT2D eigenvalue weighted by Gasteiger charge is 2.42. The molecule has 3 N–H and O–H groups in total. The predicted molar refractivity (Wildman–Crippen MR) is 99.4 cm³/mol. The molecule has 2 aliphatic rings. The van der Waals surface area contributed by atoms with Gasteiger partial charge in [0.05, 0.1) is 18.0 Å². The van der Waals surface area contributed by atoms with Crippen molar-refractivity contribution in [2.75, 3.05) is 19.4 Å². The zero-order chi connectivity index (χ0) is 17.7. The van der Waals surface area contributed by atoms with Crippen LogP contribution in [0, 0.1) is 5.92 Å². The van der Waals surface area contributed by atoms with Crippen LogP contribution in [0.25, 0.3) is 22.3 Å². The van der Waals surface area contributed by atoms with Gasteiger partial charge in [-0.15, -0.1) is 0 Å². The maximum Gasteiger partial charge on any atom is 0.164 e. The Morgan fingerprint density at radius 2 is 2.08 bits per heavy atom. The Kier molecular flexibility index (Phi) is 3.65. The highest BCUT2D eigenvalue weighted by atomic mass is 16.5. The van der Waals surface area contributed by atoms with E-state index in [1.165, 1.54) is 12.7 Å². The number of nitrogens with two attached hydrogens (primary N) is 1. The fourth-order valence-electron chi connectivity index (χ4n) is 4.45. The summed E-state index contributed by atoms with van der Waals surface area (Å²) in [6.07, 6.45) is 3.89. The van der Waals surface area contributed by atoms with Gasteiger partial charge in [-0.2, -0.15) is 5.10 Å². The summed E-state index contributed by atoms with van der Waals surface area (Å²) in [6.45, 7) is 1.71. The smallest absolute Gasteiger partial charge is 0.164 e. The van der Waals surface area contributed by atoms with Crippen molar-refractivity contribution in [3.05, 3.63) is 36.2 Å². The number of fused-ring (bicyclic) bond motifs is 3. The van der Waals surface area contributed by atoms with Gasteiger partial charge in [-0.1, -0.05) is 24.3 Å². The highest BCUT2D eigenvalue weighted by Crippen LogP contribution is 2.41. The topological polar surface area (TPSA) is 90.9 Å². The van der Waals surface area contributed by atoms with E-state index < -0.39 is 0 Å². The molecule has 1 aliphatic carbocycles. The lowest BCUT2D eigenvalue weighted by molar-refractivity contribution is 0.185. The second-order valence-corrected chi connectivity index (χ2v) is 7.30. The third-order valence-electron chi connectivity index (χ3n) is 5.67. The van der Waals surface area contributed by atoms with Crippen molar-refractivity contribution in [1.82, 2.24) is 25.1 Å². The molecule has 7 heteroatoms. The van der Waals surface area contributed by atoms with Gasteiger partial charge in [0.1, 0.15) is 17.8 Å². The summed E-state index contributed by atoms with van der Waals surface area (Å²) in [7, 11) is 1.70. The van der Waals surface area contributed by atoms with Gasteiger partial charge in [0.25, 0.3) is 0 Å². The first-order valence-electron chi connectivity index (χ1n) is 9.05. The molecule has 1 saturated heterocycles. The van der Waals surface area contributed by atoms with Crippen molar-refractivity contribution in [2.24, 2.45) is 5.92 Å². The Morgan fingerprint density at radius 3 is 2.77 bits per heavy atom. The molecule has 5 rings (SSSR count). The number of hydrogen-bond donors (Lipinski definition) is 2. The molecule has 134 valence electrons. The fourth-order valence-corrected chi connectivity index (χ4v) is 4.45. The lowest BCUT2D eigenvalue weighted by Crippen LogP contribution is -2.35. The van der Waals surface area contributed by atoms with Gasteiger partial charge in [-0.05, 0) is 30.9 Å². The zero-order valence-electron chi connectivity index (χ0n) is 14.7. The lowest BCUT2D eigenvalue weighted by atomic mass is 10.1. The number of nitrogens with one attached hydrogen (secondary N) is 1. The van der Waals surface area contributed by atoms with Crippen LogP contribution in [0.2, 0.25) is 0 Å². The SMILES string of the molecule is COCc1ccc(-c2nn(C3CC4CNC3C4)c3ncnc(N)c23)cc1. The first kappa shape index (κ1) is 15.7. The number of methoxy groups -OCH3 is 1. The largest absolute Gasteiger partial charge is 0.383 e. The molecule has 3 heterocycles. The molecule has 3 unspecified atom stereocenters. The molecule has 3 aromatic rings. The molecule has 1 aromatic carbocycles. The number of hydrogen-bond acceptors (Lipinski definition) is 6. The molecule has 7 nitrogen and oxygen atoms in total. The summed E-state index contributed by atoms with van der Waals surface area (Å²) >= 11 is 0. The normalized spacial score (nSPS) is 24.6. The Bertz CT molecular complexity index is 951. The Balaban J connectivity index is 1.63. The van der Waals surface area contributed by atoms with E-state index in [1.54, 1.807) is 7.11 Å². The Labute approximate surface area is 151 Å². The van der Waals surface area contributed by atoms with Crippen LogP contribution in [-0.2, 0) is 11.3 Å². The summed E-state index contributed by atoms with van der Waals surface area (Å²) in [5, 5.41) is 9.41. The van der Waals surface area contributed by atoms with E-state index in [0.29, 0.717) is 24.5 Å². The molecule has 0 spiro atoms. The highest BCUT2D eigenvalue weighted by molar-refractivity contribution is 5.98. The Hall–Kier alpha value is -2.51. The zero-order valence-corrected chi connectivity index (χ0v) is 14.7. The average Bonchev–Trinajstić information content (AvgIpc) is 3.37. The summed E-state index contributed by atoms with van der Waals surface area (Å²) in [4.78, 5) is 8.73. The molecular formula is C19H22N6O. The quantitative estimate of drug-likeness (QED) is 0.749. The van der Waals surface area contributed by atoms with Gasteiger partial charge in [0.2, 0.25) is 0 Å². The van der Waals surface area contributed by atoms with Crippen molar-refractivity contribution >= 4 is 16.9 Å². The van der Waals surface area contributed by atoms with Crippen LogP contribution in [0.1, 0.15) is 24.4 Å². The number of rotatable bonds is 4. The number of nitrogen functional groups attached to an aromatic ring is 1. The van der Waals surface area contributed by atoms with Gasteiger partial charge in [-0.3, -0.25) is 0 Å². The molecule has 0 amide bonds. The van der Waals surface area contributed by atoms with Crippen molar-refractivity contribution in [2.45, 2.75) is 31.5 Å². The molecule has 3 atom stereocenters. The molecule has 0 radical (unpaired) electrons. The van der Waals surface area contributed by atoms with E-state index in [1.807, 2.05) is 0 Å². The molecule has 1 saturated carbocycles. The van der Waals surface area contributed by atoms with Crippen LogP contribution in [-0.4, -0.2) is 39.4 Å². The number of benzene rings is 1. The minimum atomic E-state index is 0.326. The van der Waals surface area contributed by atoms with E-state index in [2.05, 4.69) is 44.2 Å². The summed E-state index contributed by atoms with van der Waals surface area (Å²) in [5.74, 6) is 1.22. The second kappa shape index (κ2) is 6.03. The standard InChI is InChI=1S/C19H22N6O/c1-26-9-11-2-4-13(5-3-11)17-16-18(20)22-10-23-19(16)25(24-17)15-7-12-6-14(15)21-8-12/h2-5,10,12,14-15,21H,6-9H2,1H3,(H2,20,22,23). The summed E-state index contributed by atoms with van der Waals surface area (Å²) < 4.78 is 7.27. The fraction of sp³-hybridized carbons (Fsp3) is 0.421. The summed E-state index contributed by atoms with van der Waals surface area (Å²) in [6, 6.07) is 9.03. The molecular weight excluding hydrogens is 328 g/mol. The molecule has 26 heavy (non-hydrogen) atoms. The van der Waals surface area contributed by atoms with Gasteiger partial charge in [0, 0.05) is 18.7 Å². The maximum absolute atomic E-state index is 6.22. The first-order chi connectivity index (χ1) is 12.7. The van der Waals surface area contributed by atoms with E-state index in [9.17, 15) is 0 Å². The van der Waals surface area contributed by atoms with Crippen LogP contribution in [0.5, 0.6) is 0 Å². The monoisotopic (exact) mass is 350 g/mol. The van der Waals surface area contributed by atoms with Gasteiger partial charge in [0.15, 0.2) is 5.65 Å². The number of aromatic nitrogens is 4. The number of anilines is 1. The third kappa shape index (κ3) is 2.39. The average molecular weight is 350 g/mol. The number of ether oxygens (including phenoxy) is 1. The predicted octanol–water partition coefficient (Wildman–Crippen LogP) is 2.14. The summed E-state index contributed by atoms with van der Waals surface area (Å²) in [5.41, 5.74) is 10.0. The van der Waals surface area contributed by atoms with Crippen molar-refractivity contribution in [3.63, 3.8) is 0 Å². The van der Waals surface area contributed by atoms with Crippen molar-refractivity contribution in [1.29, 1.82) is 0 Å². The van der Waals surface area contributed by atoms with Crippen LogP contribution < -0.4 is 11.1 Å². The Morgan fingerprint density at radius 1 is 1.23 bits per heavy atom. The molecule has 1 aliphatic heterocycles. The van der Waals surface area contributed by atoms with E-state index in [-0.39, 0.29) is 0 Å². The van der Waals surface area contributed by atoms with Gasteiger partial charge in [-0.25, -0.2) is 14.6 Å². The van der Waals surface area contributed by atoms with Crippen LogP contribution in [0.4, 0.5) is 5.82 Å². The van der Waals surface area contributed by atoms with Gasteiger partial charge >= 0.3 is 0 Å². The van der Waals surface area contributed by atoms with E-state index in [4.69, 9.17) is 15.6 Å². The maximum atomic E-state index is 6.22. The molecule has 2 aromatic heterocycles. The van der Waals surface area contributed by atoms with Gasteiger partial charge < -0.3 is 15.8 Å². The van der Waals surface area contributed by atoms with Crippen molar-refractivity contribution < 1.29 is 4.74 Å². The first-order valence-corrected chi connectivity index (χ1v) is 9.05. The van der Waals surface area contributed by atoms with Crippen LogP contribution >= 0.6 is 0 Å². The van der Waals surface area contributed by atoms with Crippen LogP contribution in [0.15, 0.2) is 30.6 Å². The number of nitrogens with zero attached hydrogens (tertiary/aromatic N) is 4. The van der Waals surface area contributed by atoms with Crippen LogP contribution in [0.3, 0.4) is 0 Å². The number of piperidine rings is 1. The lowest BCUT2D eigenvalue weighted by Gasteiger charge is -2.23. The minimum Gasteiger partial charge on any atom is -0.383 e. The minimum absolute atomic E-state index is 0.326. The van der Waals surface area contributed by atoms with E-state index >= 15 is 0 Å². The second-order valence-electron chi connectivity index (χ2n) is 7.30.